The minimum atomic E-state index is -0.0301. The van der Waals surface area contributed by atoms with E-state index in [1.165, 1.54) is 0 Å². The summed E-state index contributed by atoms with van der Waals surface area (Å²) in [5.74, 6) is 0. The number of hydrogen-bond acceptors (Lipinski definition) is 4. The van der Waals surface area contributed by atoms with E-state index in [2.05, 4.69) is 92.8 Å². The van der Waals surface area contributed by atoms with E-state index in [0.29, 0.717) is 0 Å². The van der Waals surface area contributed by atoms with Crippen molar-refractivity contribution in [3.8, 4) is 16.9 Å². The maximum absolute atomic E-state index is 4.79. The van der Waals surface area contributed by atoms with Crippen LogP contribution in [-0.4, -0.2) is 22.0 Å². The highest BCUT2D eigenvalue weighted by Gasteiger charge is 2.21. The molecule has 0 fully saturated rings. The summed E-state index contributed by atoms with van der Waals surface area (Å²) in [7, 11) is 2.02. The molecule has 1 aliphatic rings. The van der Waals surface area contributed by atoms with Crippen LogP contribution >= 0.6 is 11.8 Å². The van der Waals surface area contributed by atoms with Gasteiger partial charge in [0.15, 0.2) is 5.50 Å². The highest BCUT2D eigenvalue weighted by Crippen LogP contribution is 2.42. The van der Waals surface area contributed by atoms with Gasteiger partial charge in [0.25, 0.3) is 0 Å². The van der Waals surface area contributed by atoms with E-state index in [4.69, 9.17) is 5.11 Å². The lowest BCUT2D eigenvalue weighted by molar-refractivity contribution is 0.437. The number of para-hydroxylation sites is 2. The Labute approximate surface area is 174 Å². The lowest BCUT2D eigenvalue weighted by atomic mass is 10.1. The molecule has 0 amide bonds. The van der Waals surface area contributed by atoms with Crippen molar-refractivity contribution in [3.63, 3.8) is 0 Å². The average molecular weight is 397 g/mol. The van der Waals surface area contributed by atoms with E-state index in [9.17, 15) is 0 Å². The molecule has 142 valence electrons. The third-order valence-electron chi connectivity index (χ3n) is 5.01. The van der Waals surface area contributed by atoms with Crippen LogP contribution in [0.2, 0.25) is 0 Å². The van der Waals surface area contributed by atoms with Gasteiger partial charge in [0.1, 0.15) is 5.69 Å². The Bertz CT molecular complexity index is 1200. The normalized spacial score (nSPS) is 16.3. The Balaban J connectivity index is 1.78. The van der Waals surface area contributed by atoms with Gasteiger partial charge in [-0.25, -0.2) is 0 Å². The number of rotatable bonds is 4. The zero-order chi connectivity index (χ0) is 19.6. The predicted octanol–water partition coefficient (Wildman–Crippen LogP) is 6.81. The van der Waals surface area contributed by atoms with E-state index < -0.39 is 0 Å². The van der Waals surface area contributed by atoms with E-state index >= 15 is 0 Å². The number of nitrogens with zero attached hydrogens (tertiary/aromatic N) is 4. The average Bonchev–Trinajstić information content (AvgIpc) is 3.34. The molecule has 5 rings (SSSR count). The van der Waals surface area contributed by atoms with Crippen LogP contribution in [0.1, 0.15) is 0 Å². The third-order valence-corrected chi connectivity index (χ3v) is 5.96. The molecule has 5 heteroatoms. The number of hydrogen-bond donors (Lipinski definition) is 0. The van der Waals surface area contributed by atoms with Gasteiger partial charge in [0, 0.05) is 29.9 Å². The fourth-order valence-corrected chi connectivity index (χ4v) is 4.38. The van der Waals surface area contributed by atoms with Gasteiger partial charge >= 0.3 is 0 Å². The van der Waals surface area contributed by atoms with E-state index in [1.807, 2.05) is 25.4 Å². The molecule has 0 radical (unpaired) electrons. The molecule has 1 aliphatic heterocycles. The first-order chi connectivity index (χ1) is 14.3. The number of benzene rings is 3. The highest BCUT2D eigenvalue weighted by molar-refractivity contribution is 8.02. The van der Waals surface area contributed by atoms with Gasteiger partial charge in [0.05, 0.1) is 11.2 Å². The first-order valence-electron chi connectivity index (χ1n) is 9.52. The van der Waals surface area contributed by atoms with Gasteiger partial charge in [-0.3, -0.25) is 0 Å². The minimum Gasteiger partial charge on any atom is -0.349 e. The first kappa shape index (κ1) is 17.8. The molecule has 0 bridgehead atoms. The van der Waals surface area contributed by atoms with Crippen LogP contribution < -0.4 is 0 Å². The van der Waals surface area contributed by atoms with Crippen molar-refractivity contribution < 1.29 is 0 Å². The van der Waals surface area contributed by atoms with Crippen LogP contribution in [0.15, 0.2) is 107 Å². The van der Waals surface area contributed by atoms with Crippen LogP contribution in [0.3, 0.4) is 0 Å². The van der Waals surface area contributed by atoms with Crippen molar-refractivity contribution in [1.82, 2.24) is 9.47 Å². The van der Waals surface area contributed by atoms with Gasteiger partial charge in [0.2, 0.25) is 0 Å². The molecule has 29 heavy (non-hydrogen) atoms. The lowest BCUT2D eigenvalue weighted by Crippen LogP contribution is -2.16. The predicted molar refractivity (Wildman–Crippen MR) is 122 cm³/mol. The van der Waals surface area contributed by atoms with Crippen molar-refractivity contribution in [3.05, 3.63) is 96.5 Å². The maximum atomic E-state index is 4.79. The van der Waals surface area contributed by atoms with Crippen molar-refractivity contribution >= 4 is 28.4 Å². The second-order valence-corrected chi connectivity index (χ2v) is 7.85. The highest BCUT2D eigenvalue weighted by atomic mass is 32.2. The Morgan fingerprint density at radius 3 is 2.24 bits per heavy atom. The summed E-state index contributed by atoms with van der Waals surface area (Å²) < 4.78 is 2.28. The molecule has 3 aromatic carbocycles. The summed E-state index contributed by atoms with van der Waals surface area (Å²) in [5, 5.41) is 12.6. The molecule has 4 nitrogen and oxygen atoms in total. The van der Waals surface area contributed by atoms with Crippen LogP contribution in [0, 0.1) is 0 Å². The monoisotopic (exact) mass is 396 g/mol. The van der Waals surface area contributed by atoms with Crippen molar-refractivity contribution in [2.45, 2.75) is 5.50 Å². The fraction of sp³-hybridized carbons (Fsp3) is 0.0833. The number of azo groups is 1. The van der Waals surface area contributed by atoms with Crippen LogP contribution in [-0.2, 0) is 0 Å². The molecule has 1 atom stereocenters. The van der Waals surface area contributed by atoms with Gasteiger partial charge in [-0.1, -0.05) is 78.5 Å². The maximum Gasteiger partial charge on any atom is 0.193 e. The molecule has 4 aromatic rings. The standard InChI is InChI=1S/C24H20N4S/c1-27-16-17-29-24(27)26-25-22-20-14-8-9-15-21(20)28(19-12-6-3-7-13-19)23(22)18-10-4-2-5-11-18/h2-17,24H,1H3. The van der Waals surface area contributed by atoms with Crippen LogP contribution in [0.5, 0.6) is 0 Å². The molecular weight excluding hydrogens is 376 g/mol. The molecular formula is C24H20N4S. The summed E-state index contributed by atoms with van der Waals surface area (Å²) in [6.45, 7) is 0. The topological polar surface area (TPSA) is 32.9 Å². The summed E-state index contributed by atoms with van der Waals surface area (Å²) in [4.78, 5) is 2.06. The van der Waals surface area contributed by atoms with E-state index in [1.54, 1.807) is 11.8 Å². The Morgan fingerprint density at radius 2 is 1.52 bits per heavy atom. The van der Waals surface area contributed by atoms with Gasteiger partial charge in [-0.2, -0.15) is 10.2 Å². The second kappa shape index (κ2) is 7.60. The third kappa shape index (κ3) is 3.23. The van der Waals surface area contributed by atoms with E-state index in [-0.39, 0.29) is 5.50 Å². The van der Waals surface area contributed by atoms with E-state index in [0.717, 1.165) is 33.5 Å². The minimum absolute atomic E-state index is 0.0301. The van der Waals surface area contributed by atoms with Gasteiger partial charge in [-0.15, -0.1) is 0 Å². The van der Waals surface area contributed by atoms with Crippen molar-refractivity contribution in [1.29, 1.82) is 0 Å². The zero-order valence-electron chi connectivity index (χ0n) is 16.0. The van der Waals surface area contributed by atoms with Gasteiger partial charge in [-0.05, 0) is 23.6 Å². The molecule has 0 aliphatic carbocycles. The molecule has 2 heterocycles. The largest absolute Gasteiger partial charge is 0.349 e. The number of fused-ring (bicyclic) bond motifs is 1. The fourth-order valence-electron chi connectivity index (χ4n) is 3.62. The Kier molecular flexibility index (Phi) is 4.66. The molecule has 1 aromatic heterocycles. The smallest absolute Gasteiger partial charge is 0.193 e. The van der Waals surface area contributed by atoms with Crippen molar-refractivity contribution in [2.24, 2.45) is 10.2 Å². The SMILES string of the molecule is CN1C=CSC1N=Nc1c(-c2ccccc2)n(-c2ccccc2)c2ccccc12. The molecule has 0 spiro atoms. The molecule has 0 saturated heterocycles. The van der Waals surface area contributed by atoms with Crippen molar-refractivity contribution in [2.75, 3.05) is 7.05 Å². The summed E-state index contributed by atoms with van der Waals surface area (Å²) in [6, 6.07) is 29.3. The molecule has 0 saturated carbocycles. The number of aromatic nitrogens is 1. The Morgan fingerprint density at radius 1 is 0.828 bits per heavy atom. The Hall–Kier alpha value is -3.31. The van der Waals surface area contributed by atoms with Gasteiger partial charge < -0.3 is 9.47 Å². The summed E-state index contributed by atoms with van der Waals surface area (Å²) >= 11 is 1.66. The first-order valence-corrected chi connectivity index (χ1v) is 10.5. The lowest BCUT2D eigenvalue weighted by Gasteiger charge is -2.14. The summed E-state index contributed by atoms with van der Waals surface area (Å²) in [5.41, 5.74) is 5.27. The molecule has 0 N–H and O–H groups in total. The van der Waals surface area contributed by atoms with Crippen LogP contribution in [0.25, 0.3) is 27.8 Å². The summed E-state index contributed by atoms with van der Waals surface area (Å²) in [6.07, 6.45) is 2.03. The van der Waals surface area contributed by atoms with Crippen LogP contribution in [0.4, 0.5) is 5.69 Å². The molecule has 1 unspecified atom stereocenters. The zero-order valence-corrected chi connectivity index (χ0v) is 16.8. The quantitative estimate of drug-likeness (QED) is 0.355. The second-order valence-electron chi connectivity index (χ2n) is 6.88. The number of thioether (sulfide) groups is 1.